The molecule has 0 fully saturated rings. The standard InChI is InChI=1S/C16H19N3O3/c1-21-14-6-5-13(8-15(14)22-2)19-16(20)11-18-10-12-4-3-7-17-9-12/h3-9,18H,10-11H2,1-2H3,(H,19,20). The van der Waals surface area contributed by atoms with Crippen molar-refractivity contribution in [1.29, 1.82) is 0 Å². The average Bonchev–Trinajstić information content (AvgIpc) is 2.55. The number of ether oxygens (including phenoxy) is 2. The fourth-order valence-corrected chi connectivity index (χ4v) is 1.94. The van der Waals surface area contributed by atoms with E-state index in [1.54, 1.807) is 44.8 Å². The van der Waals surface area contributed by atoms with Gasteiger partial charge in [0.05, 0.1) is 20.8 Å². The van der Waals surface area contributed by atoms with E-state index in [2.05, 4.69) is 15.6 Å². The van der Waals surface area contributed by atoms with Gasteiger partial charge in [0, 0.05) is 30.7 Å². The van der Waals surface area contributed by atoms with Gasteiger partial charge in [-0.05, 0) is 23.8 Å². The second-order valence-electron chi connectivity index (χ2n) is 4.58. The molecule has 0 radical (unpaired) electrons. The Kier molecular flexibility index (Phi) is 5.73. The van der Waals surface area contributed by atoms with Gasteiger partial charge < -0.3 is 20.1 Å². The zero-order valence-corrected chi connectivity index (χ0v) is 12.6. The first-order chi connectivity index (χ1) is 10.7. The second kappa shape index (κ2) is 7.99. The van der Waals surface area contributed by atoms with Crippen LogP contribution in [0.15, 0.2) is 42.7 Å². The molecule has 2 rings (SSSR count). The minimum absolute atomic E-state index is 0.129. The fourth-order valence-electron chi connectivity index (χ4n) is 1.94. The molecule has 0 aliphatic carbocycles. The third-order valence-electron chi connectivity index (χ3n) is 3.00. The van der Waals surface area contributed by atoms with E-state index in [0.717, 1.165) is 5.56 Å². The van der Waals surface area contributed by atoms with Crippen molar-refractivity contribution in [3.05, 3.63) is 48.3 Å². The molecular formula is C16H19N3O3. The van der Waals surface area contributed by atoms with Crippen LogP contribution in [0, 0.1) is 0 Å². The number of hydrogen-bond donors (Lipinski definition) is 2. The molecule has 1 aromatic heterocycles. The van der Waals surface area contributed by atoms with Crippen molar-refractivity contribution in [3.63, 3.8) is 0 Å². The number of amides is 1. The average molecular weight is 301 g/mol. The maximum absolute atomic E-state index is 11.9. The van der Waals surface area contributed by atoms with Gasteiger partial charge in [-0.1, -0.05) is 6.07 Å². The number of aromatic nitrogens is 1. The normalized spacial score (nSPS) is 10.1. The summed E-state index contributed by atoms with van der Waals surface area (Å²) in [5, 5.41) is 5.87. The van der Waals surface area contributed by atoms with E-state index in [1.165, 1.54) is 0 Å². The predicted octanol–water partition coefficient (Wildman–Crippen LogP) is 1.83. The van der Waals surface area contributed by atoms with Crippen LogP contribution in [0.25, 0.3) is 0 Å². The lowest BCUT2D eigenvalue weighted by Crippen LogP contribution is -2.27. The Balaban J connectivity index is 1.84. The summed E-state index contributed by atoms with van der Waals surface area (Å²) in [4.78, 5) is 15.9. The Morgan fingerprint density at radius 1 is 1.18 bits per heavy atom. The van der Waals surface area contributed by atoms with E-state index in [-0.39, 0.29) is 12.5 Å². The van der Waals surface area contributed by atoms with Crippen molar-refractivity contribution in [1.82, 2.24) is 10.3 Å². The van der Waals surface area contributed by atoms with E-state index >= 15 is 0 Å². The minimum atomic E-state index is -0.129. The van der Waals surface area contributed by atoms with Gasteiger partial charge in [-0.2, -0.15) is 0 Å². The van der Waals surface area contributed by atoms with Crippen LogP contribution in [0.1, 0.15) is 5.56 Å². The van der Waals surface area contributed by atoms with E-state index in [1.807, 2.05) is 12.1 Å². The summed E-state index contributed by atoms with van der Waals surface area (Å²) in [7, 11) is 3.12. The fraction of sp³-hybridized carbons (Fsp3) is 0.250. The van der Waals surface area contributed by atoms with Gasteiger partial charge in [-0.25, -0.2) is 0 Å². The first-order valence-corrected chi connectivity index (χ1v) is 6.84. The Bertz CT molecular complexity index is 617. The lowest BCUT2D eigenvalue weighted by Gasteiger charge is -2.11. The molecule has 2 N–H and O–H groups in total. The summed E-state index contributed by atoms with van der Waals surface area (Å²) in [5.41, 5.74) is 1.69. The van der Waals surface area contributed by atoms with Gasteiger partial charge in [-0.15, -0.1) is 0 Å². The van der Waals surface area contributed by atoms with Crippen molar-refractivity contribution >= 4 is 11.6 Å². The zero-order valence-electron chi connectivity index (χ0n) is 12.6. The van der Waals surface area contributed by atoms with Gasteiger partial charge >= 0.3 is 0 Å². The van der Waals surface area contributed by atoms with Crippen LogP contribution in [0.2, 0.25) is 0 Å². The number of pyridine rings is 1. The molecule has 1 aromatic carbocycles. The molecule has 2 aromatic rings. The van der Waals surface area contributed by atoms with Crippen LogP contribution in [-0.2, 0) is 11.3 Å². The first-order valence-electron chi connectivity index (χ1n) is 6.84. The summed E-state index contributed by atoms with van der Waals surface area (Å²) in [6, 6.07) is 9.04. The Morgan fingerprint density at radius 2 is 2.00 bits per heavy atom. The molecule has 22 heavy (non-hydrogen) atoms. The Morgan fingerprint density at radius 3 is 2.68 bits per heavy atom. The van der Waals surface area contributed by atoms with Crippen LogP contribution in [-0.4, -0.2) is 31.7 Å². The first kappa shape index (κ1) is 15.8. The minimum Gasteiger partial charge on any atom is -0.493 e. The Labute approximate surface area is 129 Å². The van der Waals surface area contributed by atoms with Crippen molar-refractivity contribution in [2.75, 3.05) is 26.1 Å². The molecule has 0 spiro atoms. The van der Waals surface area contributed by atoms with Gasteiger partial charge in [-0.3, -0.25) is 9.78 Å². The monoisotopic (exact) mass is 301 g/mol. The van der Waals surface area contributed by atoms with Crippen LogP contribution >= 0.6 is 0 Å². The third-order valence-corrected chi connectivity index (χ3v) is 3.00. The highest BCUT2D eigenvalue weighted by molar-refractivity contribution is 5.92. The van der Waals surface area contributed by atoms with Crippen molar-refractivity contribution in [2.45, 2.75) is 6.54 Å². The smallest absolute Gasteiger partial charge is 0.238 e. The quantitative estimate of drug-likeness (QED) is 0.816. The maximum Gasteiger partial charge on any atom is 0.238 e. The molecule has 6 nitrogen and oxygen atoms in total. The Hall–Kier alpha value is -2.60. The molecule has 0 saturated heterocycles. The summed E-state index contributed by atoms with van der Waals surface area (Å²) in [6.07, 6.45) is 3.48. The second-order valence-corrected chi connectivity index (χ2v) is 4.58. The highest BCUT2D eigenvalue weighted by atomic mass is 16.5. The third kappa shape index (κ3) is 4.46. The molecule has 1 amide bonds. The van der Waals surface area contributed by atoms with Gasteiger partial charge in [0.1, 0.15) is 0 Å². The number of hydrogen-bond acceptors (Lipinski definition) is 5. The van der Waals surface area contributed by atoms with Gasteiger partial charge in [0.25, 0.3) is 0 Å². The number of nitrogens with zero attached hydrogens (tertiary/aromatic N) is 1. The lowest BCUT2D eigenvalue weighted by atomic mass is 10.2. The SMILES string of the molecule is COc1ccc(NC(=O)CNCc2cccnc2)cc1OC. The number of methoxy groups -OCH3 is 2. The zero-order chi connectivity index (χ0) is 15.8. The molecule has 0 saturated carbocycles. The van der Waals surface area contributed by atoms with Crippen LogP contribution < -0.4 is 20.1 Å². The van der Waals surface area contributed by atoms with Gasteiger partial charge in [0.2, 0.25) is 5.91 Å². The highest BCUT2D eigenvalue weighted by Gasteiger charge is 2.07. The molecular weight excluding hydrogens is 282 g/mol. The predicted molar refractivity (Wildman–Crippen MR) is 84.1 cm³/mol. The number of carbonyl (C=O) groups is 1. The molecule has 6 heteroatoms. The molecule has 0 unspecified atom stereocenters. The number of nitrogens with one attached hydrogen (secondary N) is 2. The summed E-state index contributed by atoms with van der Waals surface area (Å²) in [5.74, 6) is 1.06. The largest absolute Gasteiger partial charge is 0.493 e. The molecule has 0 bridgehead atoms. The maximum atomic E-state index is 11.9. The van der Waals surface area contributed by atoms with E-state index in [0.29, 0.717) is 23.7 Å². The number of anilines is 1. The van der Waals surface area contributed by atoms with E-state index < -0.39 is 0 Å². The molecule has 116 valence electrons. The topological polar surface area (TPSA) is 72.5 Å². The summed E-state index contributed by atoms with van der Waals surface area (Å²) >= 11 is 0. The molecule has 0 atom stereocenters. The van der Waals surface area contributed by atoms with Crippen molar-refractivity contribution in [3.8, 4) is 11.5 Å². The van der Waals surface area contributed by atoms with Crippen LogP contribution in [0.5, 0.6) is 11.5 Å². The molecule has 0 aliphatic heterocycles. The molecule has 0 aliphatic rings. The molecule has 1 heterocycles. The van der Waals surface area contributed by atoms with Crippen LogP contribution in [0.4, 0.5) is 5.69 Å². The van der Waals surface area contributed by atoms with Crippen molar-refractivity contribution < 1.29 is 14.3 Å². The number of carbonyl (C=O) groups excluding carboxylic acids is 1. The van der Waals surface area contributed by atoms with Crippen molar-refractivity contribution in [2.24, 2.45) is 0 Å². The van der Waals surface area contributed by atoms with Crippen LogP contribution in [0.3, 0.4) is 0 Å². The summed E-state index contributed by atoms with van der Waals surface area (Å²) < 4.78 is 10.4. The lowest BCUT2D eigenvalue weighted by molar-refractivity contribution is -0.115. The van der Waals surface area contributed by atoms with Gasteiger partial charge in [0.15, 0.2) is 11.5 Å². The van der Waals surface area contributed by atoms with E-state index in [9.17, 15) is 4.79 Å². The number of rotatable bonds is 7. The number of benzene rings is 1. The highest BCUT2D eigenvalue weighted by Crippen LogP contribution is 2.29. The van der Waals surface area contributed by atoms with E-state index in [4.69, 9.17) is 9.47 Å². The summed E-state index contributed by atoms with van der Waals surface area (Å²) in [6.45, 7) is 0.802.